The average Bonchev–Trinajstić information content (AvgIpc) is 2.82. The molecule has 0 radical (unpaired) electrons. The van der Waals surface area contributed by atoms with Crippen molar-refractivity contribution in [1.82, 2.24) is 9.97 Å². The van der Waals surface area contributed by atoms with Gasteiger partial charge in [0.2, 0.25) is 0 Å². The fraction of sp³-hybridized carbons (Fsp3) is 0. The van der Waals surface area contributed by atoms with Crippen molar-refractivity contribution >= 4 is 33.8 Å². The van der Waals surface area contributed by atoms with Crippen molar-refractivity contribution in [3.63, 3.8) is 0 Å². The molecule has 0 aliphatic heterocycles. The molecular weight excluding hydrogens is 244 g/mol. The van der Waals surface area contributed by atoms with Crippen LogP contribution >= 0.6 is 23.6 Å². The van der Waals surface area contributed by atoms with Gasteiger partial charge in [-0.15, -0.1) is 11.3 Å². The lowest BCUT2D eigenvalue weighted by molar-refractivity contribution is 0.583. The van der Waals surface area contributed by atoms with E-state index in [1.807, 2.05) is 11.4 Å². The van der Waals surface area contributed by atoms with Gasteiger partial charge in [-0.05, 0) is 24.4 Å². The smallest absolute Gasteiger partial charge is 0.261 e. The summed E-state index contributed by atoms with van der Waals surface area (Å²) in [4.78, 5) is 18.1. The molecule has 16 heavy (non-hydrogen) atoms. The molecule has 0 bridgehead atoms. The van der Waals surface area contributed by atoms with E-state index >= 15 is 0 Å². The fourth-order valence-corrected chi connectivity index (χ4v) is 2.80. The second-order valence-electron chi connectivity index (χ2n) is 3.24. The number of hydrogen-bond acceptors (Lipinski definition) is 4. The minimum atomic E-state index is -0.189. The van der Waals surface area contributed by atoms with E-state index in [9.17, 15) is 4.79 Å². The van der Waals surface area contributed by atoms with Crippen molar-refractivity contribution in [2.75, 3.05) is 0 Å². The van der Waals surface area contributed by atoms with Gasteiger partial charge in [-0.2, -0.15) is 0 Å². The topological polar surface area (TPSA) is 61.8 Å². The zero-order valence-electron chi connectivity index (χ0n) is 7.94. The van der Waals surface area contributed by atoms with Gasteiger partial charge >= 0.3 is 0 Å². The van der Waals surface area contributed by atoms with Crippen molar-refractivity contribution < 1.29 is 4.42 Å². The van der Waals surface area contributed by atoms with Gasteiger partial charge in [-0.1, -0.05) is 0 Å². The molecule has 0 aromatic carbocycles. The zero-order chi connectivity index (χ0) is 11.1. The Labute approximate surface area is 98.6 Å². The predicted octanol–water partition coefficient (Wildman–Crippen LogP) is 2.91. The summed E-state index contributed by atoms with van der Waals surface area (Å²) in [5.41, 5.74) is 0.601. The van der Waals surface area contributed by atoms with E-state index in [2.05, 4.69) is 9.97 Å². The summed E-state index contributed by atoms with van der Waals surface area (Å²) in [5.74, 6) is 0.683. The molecule has 0 atom stereocenters. The lowest BCUT2D eigenvalue weighted by atomic mass is 10.2. The minimum absolute atomic E-state index is 0.189. The van der Waals surface area contributed by atoms with Crippen LogP contribution < -0.4 is 5.56 Å². The van der Waals surface area contributed by atoms with Crippen LogP contribution in [0, 0.1) is 4.77 Å². The maximum atomic E-state index is 11.8. The van der Waals surface area contributed by atoms with Crippen molar-refractivity contribution in [2.24, 2.45) is 0 Å². The largest absolute Gasteiger partial charge is 0.464 e. The minimum Gasteiger partial charge on any atom is -0.464 e. The van der Waals surface area contributed by atoms with Gasteiger partial charge < -0.3 is 9.40 Å². The monoisotopic (exact) mass is 250 g/mol. The van der Waals surface area contributed by atoms with Crippen LogP contribution in [0.4, 0.5) is 0 Å². The first-order chi connectivity index (χ1) is 7.75. The highest BCUT2D eigenvalue weighted by Gasteiger charge is 2.12. The molecule has 3 rings (SSSR count). The summed E-state index contributed by atoms with van der Waals surface area (Å²) in [7, 11) is 0. The van der Waals surface area contributed by atoms with Crippen LogP contribution in [0.2, 0.25) is 0 Å². The van der Waals surface area contributed by atoms with Crippen LogP contribution in [-0.2, 0) is 0 Å². The molecule has 3 aromatic rings. The van der Waals surface area contributed by atoms with Gasteiger partial charge in [-0.25, -0.2) is 0 Å². The number of aromatic nitrogens is 2. The van der Waals surface area contributed by atoms with Crippen LogP contribution in [0.1, 0.15) is 0 Å². The maximum absolute atomic E-state index is 11.8. The van der Waals surface area contributed by atoms with E-state index in [4.69, 9.17) is 16.6 Å². The Morgan fingerprint density at radius 1 is 1.38 bits per heavy atom. The molecule has 2 N–H and O–H groups in total. The number of furan rings is 1. The molecule has 0 saturated heterocycles. The molecular formula is C10H6N2O2S2. The molecule has 0 unspecified atom stereocenters. The second kappa shape index (κ2) is 3.43. The molecule has 0 saturated carbocycles. The Morgan fingerprint density at radius 2 is 2.25 bits per heavy atom. The van der Waals surface area contributed by atoms with Gasteiger partial charge in [-0.3, -0.25) is 9.78 Å². The molecule has 4 nitrogen and oxygen atoms in total. The third-order valence-electron chi connectivity index (χ3n) is 2.26. The van der Waals surface area contributed by atoms with Crippen LogP contribution in [0.25, 0.3) is 21.5 Å². The molecule has 0 spiro atoms. The van der Waals surface area contributed by atoms with Gasteiger partial charge in [0, 0.05) is 10.9 Å². The van der Waals surface area contributed by atoms with Crippen LogP contribution in [0.3, 0.4) is 0 Å². The average molecular weight is 250 g/mol. The number of nitrogens with one attached hydrogen (secondary N) is 2. The summed E-state index contributed by atoms with van der Waals surface area (Å²) in [5, 5.41) is 2.47. The highest BCUT2D eigenvalue weighted by atomic mass is 32.1. The Bertz CT molecular complexity index is 749. The normalized spacial score (nSPS) is 11.0. The molecule has 0 amide bonds. The standard InChI is InChI=1S/C10H6N2O2S2/c13-8-7-5(6-2-1-3-14-6)4-16-9(7)12-10(15)11-8/h1-4H,(H2,11,12,13,15). The Kier molecular flexibility index (Phi) is 2.05. The van der Waals surface area contributed by atoms with Gasteiger partial charge in [0.15, 0.2) is 4.77 Å². The van der Waals surface area contributed by atoms with Crippen LogP contribution in [-0.4, -0.2) is 9.97 Å². The summed E-state index contributed by atoms with van der Waals surface area (Å²) in [6, 6.07) is 3.61. The Morgan fingerprint density at radius 3 is 3.00 bits per heavy atom. The maximum Gasteiger partial charge on any atom is 0.261 e. The van der Waals surface area contributed by atoms with E-state index in [0.29, 0.717) is 15.9 Å². The van der Waals surface area contributed by atoms with E-state index in [1.165, 1.54) is 11.3 Å². The quantitative estimate of drug-likeness (QED) is 0.653. The molecule has 0 aliphatic carbocycles. The lowest BCUT2D eigenvalue weighted by Crippen LogP contribution is -2.06. The van der Waals surface area contributed by atoms with Gasteiger partial charge in [0.25, 0.3) is 5.56 Å². The highest BCUT2D eigenvalue weighted by molar-refractivity contribution is 7.71. The molecule has 3 heterocycles. The predicted molar refractivity (Wildman–Crippen MR) is 65.3 cm³/mol. The van der Waals surface area contributed by atoms with Gasteiger partial charge in [0.05, 0.1) is 11.6 Å². The first-order valence-electron chi connectivity index (χ1n) is 4.53. The number of hydrogen-bond donors (Lipinski definition) is 2. The van der Waals surface area contributed by atoms with Crippen molar-refractivity contribution in [3.05, 3.63) is 38.9 Å². The van der Waals surface area contributed by atoms with Gasteiger partial charge in [0.1, 0.15) is 10.6 Å². The molecule has 6 heteroatoms. The summed E-state index contributed by atoms with van der Waals surface area (Å²) >= 11 is 6.35. The molecule has 0 aliphatic rings. The Balaban J connectivity index is 2.45. The van der Waals surface area contributed by atoms with E-state index in [1.54, 1.807) is 12.3 Å². The van der Waals surface area contributed by atoms with E-state index in [0.717, 1.165) is 10.4 Å². The number of fused-ring (bicyclic) bond motifs is 1. The second-order valence-corrected chi connectivity index (χ2v) is 4.53. The first-order valence-corrected chi connectivity index (χ1v) is 5.82. The number of H-pyrrole nitrogens is 2. The number of rotatable bonds is 1. The molecule has 0 fully saturated rings. The van der Waals surface area contributed by atoms with Crippen molar-refractivity contribution in [2.45, 2.75) is 0 Å². The number of aromatic amines is 2. The summed E-state index contributed by atoms with van der Waals surface area (Å²) in [6.45, 7) is 0. The summed E-state index contributed by atoms with van der Waals surface area (Å²) < 4.78 is 5.62. The number of thiophene rings is 1. The van der Waals surface area contributed by atoms with Crippen LogP contribution in [0.5, 0.6) is 0 Å². The lowest BCUT2D eigenvalue weighted by Gasteiger charge is -1.93. The van der Waals surface area contributed by atoms with Crippen molar-refractivity contribution in [1.29, 1.82) is 0 Å². The SMILES string of the molecule is O=c1[nH]c(=S)[nH]c2scc(-c3ccco3)c12. The van der Waals surface area contributed by atoms with E-state index < -0.39 is 0 Å². The third-order valence-corrected chi connectivity index (χ3v) is 3.36. The van der Waals surface area contributed by atoms with E-state index in [-0.39, 0.29) is 5.56 Å². The Hall–Kier alpha value is -1.66. The van der Waals surface area contributed by atoms with Crippen molar-refractivity contribution in [3.8, 4) is 11.3 Å². The van der Waals surface area contributed by atoms with Crippen LogP contribution in [0.15, 0.2) is 33.0 Å². The third kappa shape index (κ3) is 1.35. The summed E-state index contributed by atoms with van der Waals surface area (Å²) in [6.07, 6.45) is 1.58. The zero-order valence-corrected chi connectivity index (χ0v) is 9.58. The first kappa shape index (κ1) is 9.56. The molecule has 80 valence electrons. The molecule has 3 aromatic heterocycles. The fourth-order valence-electron chi connectivity index (χ4n) is 1.59. The highest BCUT2D eigenvalue weighted by Crippen LogP contribution is 2.30.